The Hall–Kier alpha value is -0.610. The van der Waals surface area contributed by atoms with E-state index in [1.54, 1.807) is 23.5 Å². The van der Waals surface area contributed by atoms with Crippen LogP contribution in [0, 0.1) is 0 Å². The molecule has 0 aliphatic carbocycles. The second-order valence-corrected chi connectivity index (χ2v) is 5.06. The van der Waals surface area contributed by atoms with E-state index in [2.05, 4.69) is 24.6 Å². The summed E-state index contributed by atoms with van der Waals surface area (Å²) >= 11 is 3.47. The summed E-state index contributed by atoms with van der Waals surface area (Å²) in [6.45, 7) is 0. The first kappa shape index (κ1) is 13.5. The molecule has 0 saturated carbocycles. The SMILES string of the molecule is CSc1cccc(CCCC(=O)O)c1SC. The topological polar surface area (TPSA) is 37.3 Å². The van der Waals surface area contributed by atoms with Gasteiger partial charge in [-0.3, -0.25) is 4.79 Å². The largest absolute Gasteiger partial charge is 0.481 e. The molecule has 0 aliphatic heterocycles. The van der Waals surface area contributed by atoms with Gasteiger partial charge in [0.1, 0.15) is 0 Å². The molecule has 0 fully saturated rings. The molecule has 0 saturated heterocycles. The highest BCUT2D eigenvalue weighted by Crippen LogP contribution is 2.32. The summed E-state index contributed by atoms with van der Waals surface area (Å²) in [5, 5.41) is 8.61. The molecule has 1 N–H and O–H groups in total. The van der Waals surface area contributed by atoms with E-state index in [-0.39, 0.29) is 6.42 Å². The van der Waals surface area contributed by atoms with Crippen molar-refractivity contribution >= 4 is 29.5 Å². The van der Waals surface area contributed by atoms with Crippen molar-refractivity contribution in [2.24, 2.45) is 0 Å². The van der Waals surface area contributed by atoms with Crippen LogP contribution in [0.1, 0.15) is 18.4 Å². The number of rotatable bonds is 6. The summed E-state index contributed by atoms with van der Waals surface area (Å²) in [5.74, 6) is -0.716. The maximum absolute atomic E-state index is 10.5. The molecule has 0 heterocycles. The Morgan fingerprint density at radius 3 is 2.62 bits per heavy atom. The van der Waals surface area contributed by atoms with E-state index in [1.165, 1.54) is 15.4 Å². The molecule has 0 bridgehead atoms. The van der Waals surface area contributed by atoms with Gasteiger partial charge in [-0.15, -0.1) is 23.5 Å². The Labute approximate surface area is 105 Å². The Morgan fingerprint density at radius 2 is 2.06 bits per heavy atom. The minimum atomic E-state index is -0.716. The van der Waals surface area contributed by atoms with E-state index in [0.29, 0.717) is 6.42 Å². The average Bonchev–Trinajstić information content (AvgIpc) is 2.28. The molecule has 0 radical (unpaired) electrons. The van der Waals surface area contributed by atoms with Crippen molar-refractivity contribution in [2.45, 2.75) is 29.1 Å². The third-order valence-corrected chi connectivity index (χ3v) is 4.12. The molecule has 88 valence electrons. The first-order chi connectivity index (χ1) is 7.69. The quantitative estimate of drug-likeness (QED) is 0.790. The van der Waals surface area contributed by atoms with Gasteiger partial charge >= 0.3 is 5.97 Å². The lowest BCUT2D eigenvalue weighted by Crippen LogP contribution is -1.97. The van der Waals surface area contributed by atoms with Crippen molar-refractivity contribution in [3.8, 4) is 0 Å². The molecule has 0 aliphatic rings. The molecule has 1 rings (SSSR count). The maximum atomic E-state index is 10.5. The monoisotopic (exact) mass is 256 g/mol. The van der Waals surface area contributed by atoms with Crippen molar-refractivity contribution in [1.29, 1.82) is 0 Å². The van der Waals surface area contributed by atoms with Crippen molar-refractivity contribution in [1.82, 2.24) is 0 Å². The Morgan fingerprint density at radius 1 is 1.31 bits per heavy atom. The van der Waals surface area contributed by atoms with Crippen LogP contribution in [0.25, 0.3) is 0 Å². The van der Waals surface area contributed by atoms with Crippen molar-refractivity contribution in [3.05, 3.63) is 23.8 Å². The second-order valence-electron chi connectivity index (χ2n) is 3.40. The molecule has 0 amide bonds. The summed E-state index contributed by atoms with van der Waals surface area (Å²) in [4.78, 5) is 13.0. The summed E-state index contributed by atoms with van der Waals surface area (Å²) in [6, 6.07) is 6.24. The number of hydrogen-bond donors (Lipinski definition) is 1. The van der Waals surface area contributed by atoms with Gasteiger partial charge in [0.05, 0.1) is 0 Å². The lowest BCUT2D eigenvalue weighted by molar-refractivity contribution is -0.137. The fraction of sp³-hybridized carbons (Fsp3) is 0.417. The molecule has 0 unspecified atom stereocenters. The fourth-order valence-electron chi connectivity index (χ4n) is 1.58. The molecule has 1 aromatic carbocycles. The molecule has 0 spiro atoms. The molecule has 2 nitrogen and oxygen atoms in total. The van der Waals surface area contributed by atoms with Crippen LogP contribution in [-0.2, 0) is 11.2 Å². The number of benzene rings is 1. The molecular formula is C12H16O2S2. The molecular weight excluding hydrogens is 240 g/mol. The first-order valence-electron chi connectivity index (χ1n) is 5.10. The number of aliphatic carboxylic acids is 1. The number of aryl methyl sites for hydroxylation is 1. The van der Waals surface area contributed by atoms with Crippen molar-refractivity contribution in [3.63, 3.8) is 0 Å². The smallest absolute Gasteiger partial charge is 0.303 e. The molecule has 0 atom stereocenters. The zero-order chi connectivity index (χ0) is 12.0. The van der Waals surface area contributed by atoms with E-state index in [9.17, 15) is 4.79 Å². The average molecular weight is 256 g/mol. The normalized spacial score (nSPS) is 10.4. The maximum Gasteiger partial charge on any atom is 0.303 e. The van der Waals surface area contributed by atoms with Crippen LogP contribution in [0.2, 0.25) is 0 Å². The van der Waals surface area contributed by atoms with Gasteiger partial charge < -0.3 is 5.11 Å². The Bertz CT molecular complexity index is 364. The van der Waals surface area contributed by atoms with Gasteiger partial charge in [-0.25, -0.2) is 0 Å². The first-order valence-corrected chi connectivity index (χ1v) is 7.55. The van der Waals surface area contributed by atoms with Crippen LogP contribution >= 0.6 is 23.5 Å². The van der Waals surface area contributed by atoms with E-state index < -0.39 is 5.97 Å². The van der Waals surface area contributed by atoms with Gasteiger partial charge in [0.2, 0.25) is 0 Å². The number of carboxylic acid groups (broad SMARTS) is 1. The highest BCUT2D eigenvalue weighted by Gasteiger charge is 2.07. The van der Waals surface area contributed by atoms with Crippen LogP contribution in [-0.4, -0.2) is 23.6 Å². The molecule has 1 aromatic rings. The molecule has 16 heavy (non-hydrogen) atoms. The molecule has 0 aromatic heterocycles. The number of carboxylic acids is 1. The fourth-order valence-corrected chi connectivity index (χ4v) is 3.31. The highest BCUT2D eigenvalue weighted by atomic mass is 32.2. The predicted octanol–water partition coefficient (Wildman–Crippen LogP) is 3.54. The molecule has 4 heteroatoms. The van der Waals surface area contributed by atoms with Gasteiger partial charge in [-0.2, -0.15) is 0 Å². The summed E-state index contributed by atoms with van der Waals surface area (Å²) < 4.78 is 0. The van der Waals surface area contributed by atoms with Gasteiger partial charge in [0.25, 0.3) is 0 Å². The van der Waals surface area contributed by atoms with Crippen molar-refractivity contribution in [2.75, 3.05) is 12.5 Å². The van der Waals surface area contributed by atoms with Crippen LogP contribution in [0.15, 0.2) is 28.0 Å². The van der Waals surface area contributed by atoms with E-state index in [0.717, 1.165) is 6.42 Å². The summed E-state index contributed by atoms with van der Waals surface area (Å²) in [5.41, 5.74) is 1.26. The minimum absolute atomic E-state index is 0.247. The van der Waals surface area contributed by atoms with E-state index in [1.807, 2.05) is 6.07 Å². The Balaban J connectivity index is 2.74. The zero-order valence-electron chi connectivity index (χ0n) is 9.53. The number of thioether (sulfide) groups is 2. The summed E-state index contributed by atoms with van der Waals surface area (Å²) in [6.07, 6.45) is 5.93. The van der Waals surface area contributed by atoms with E-state index >= 15 is 0 Å². The number of hydrogen-bond acceptors (Lipinski definition) is 3. The standard InChI is InChI=1S/C12H16O2S2/c1-15-10-7-3-5-9(12(10)16-2)6-4-8-11(13)14/h3,5,7H,4,6,8H2,1-2H3,(H,13,14). The van der Waals surface area contributed by atoms with E-state index in [4.69, 9.17) is 5.11 Å². The Kier molecular flexibility index (Phi) is 5.77. The minimum Gasteiger partial charge on any atom is -0.481 e. The highest BCUT2D eigenvalue weighted by molar-refractivity contribution is 8.01. The van der Waals surface area contributed by atoms with Crippen LogP contribution in [0.3, 0.4) is 0 Å². The third-order valence-electron chi connectivity index (χ3n) is 2.32. The predicted molar refractivity (Wildman–Crippen MR) is 70.6 cm³/mol. The van der Waals surface area contributed by atoms with Crippen LogP contribution in [0.4, 0.5) is 0 Å². The van der Waals surface area contributed by atoms with Crippen molar-refractivity contribution < 1.29 is 9.90 Å². The van der Waals surface area contributed by atoms with Gasteiger partial charge in [0, 0.05) is 16.2 Å². The van der Waals surface area contributed by atoms with Gasteiger partial charge in [-0.05, 0) is 37.0 Å². The second kappa shape index (κ2) is 6.86. The van der Waals surface area contributed by atoms with Crippen LogP contribution < -0.4 is 0 Å². The lowest BCUT2D eigenvalue weighted by Gasteiger charge is -2.10. The third kappa shape index (κ3) is 3.76. The lowest BCUT2D eigenvalue weighted by atomic mass is 10.1. The van der Waals surface area contributed by atoms with Gasteiger partial charge in [-0.1, -0.05) is 12.1 Å². The zero-order valence-corrected chi connectivity index (χ0v) is 11.2. The summed E-state index contributed by atoms with van der Waals surface area (Å²) in [7, 11) is 0. The van der Waals surface area contributed by atoms with Gasteiger partial charge in [0.15, 0.2) is 0 Å². The number of carbonyl (C=O) groups is 1. The van der Waals surface area contributed by atoms with Crippen LogP contribution in [0.5, 0.6) is 0 Å².